The van der Waals surface area contributed by atoms with E-state index in [9.17, 15) is 22.1 Å². The van der Waals surface area contributed by atoms with Crippen molar-refractivity contribution in [3.63, 3.8) is 0 Å². The number of nitriles is 1. The fourth-order valence-electron chi connectivity index (χ4n) is 7.01. The van der Waals surface area contributed by atoms with Gasteiger partial charge in [-0.05, 0) is 91.7 Å². The van der Waals surface area contributed by atoms with Crippen molar-refractivity contribution in [1.29, 1.82) is 5.26 Å². The normalized spacial score (nSPS) is 27.2. The van der Waals surface area contributed by atoms with Gasteiger partial charge in [0.25, 0.3) is 17.7 Å². The zero-order chi connectivity index (χ0) is 25.3. The fraction of sp³-hybridized carbons (Fsp3) is 0.423. The molecule has 4 aliphatic rings. The monoisotopic (exact) mass is 522 g/mol. The number of benzene rings is 2. The number of aromatic nitrogens is 2. The number of fused-ring (bicyclic) bond motifs is 1. The van der Waals surface area contributed by atoms with Crippen molar-refractivity contribution < 1.29 is 16.8 Å². The molecular formula is C26H26N4O4S2. The highest BCUT2D eigenvalue weighted by atomic mass is 33.2. The van der Waals surface area contributed by atoms with Gasteiger partial charge in [-0.3, -0.25) is 0 Å². The topological polar surface area (TPSA) is 130 Å². The maximum Gasteiger partial charge on any atom is 0.281 e. The number of rotatable bonds is 5. The molecule has 0 saturated heterocycles. The largest absolute Gasteiger partial charge is 0.377 e. The van der Waals surface area contributed by atoms with Crippen LogP contribution in [-0.2, 0) is 17.7 Å². The summed E-state index contributed by atoms with van der Waals surface area (Å²) >= 11 is 0. The van der Waals surface area contributed by atoms with Gasteiger partial charge in [0, 0.05) is 10.9 Å². The van der Waals surface area contributed by atoms with Crippen LogP contribution >= 0.6 is 0 Å². The minimum atomic E-state index is -4.44. The summed E-state index contributed by atoms with van der Waals surface area (Å²) in [5.74, 6) is 2.28. The Bertz CT molecular complexity index is 1610. The van der Waals surface area contributed by atoms with Crippen LogP contribution < -0.4 is 5.32 Å². The number of anilines is 1. The van der Waals surface area contributed by atoms with E-state index in [1.54, 1.807) is 12.1 Å². The molecule has 1 heterocycles. The quantitative estimate of drug-likeness (QED) is 0.492. The highest BCUT2D eigenvalue weighted by molar-refractivity contribution is 8.66. The van der Waals surface area contributed by atoms with Crippen LogP contribution in [0.5, 0.6) is 0 Å². The Balaban J connectivity index is 1.36. The summed E-state index contributed by atoms with van der Waals surface area (Å²) in [5.41, 5.74) is 3.17. The molecule has 4 fully saturated rings. The lowest BCUT2D eigenvalue weighted by atomic mass is 9.53. The van der Waals surface area contributed by atoms with Crippen molar-refractivity contribution >= 4 is 34.3 Å². The number of nitrogens with one attached hydrogen (secondary N) is 1. The molecular weight excluding hydrogens is 496 g/mol. The third-order valence-electron chi connectivity index (χ3n) is 8.17. The zero-order valence-corrected chi connectivity index (χ0v) is 21.4. The average molecular weight is 523 g/mol. The second kappa shape index (κ2) is 7.98. The maximum absolute atomic E-state index is 12.2. The molecule has 1 aromatic heterocycles. The Morgan fingerprint density at radius 2 is 1.47 bits per heavy atom. The summed E-state index contributed by atoms with van der Waals surface area (Å²) in [7, 11) is -8.71. The fourth-order valence-corrected chi connectivity index (χ4v) is 9.21. The lowest BCUT2D eigenvalue weighted by Gasteiger charge is -2.57. The summed E-state index contributed by atoms with van der Waals surface area (Å²) < 4.78 is 47.7. The van der Waals surface area contributed by atoms with E-state index in [1.165, 1.54) is 31.4 Å². The summed E-state index contributed by atoms with van der Waals surface area (Å²) in [4.78, 5) is -0.268. The predicted octanol–water partition coefficient (Wildman–Crippen LogP) is 4.28. The van der Waals surface area contributed by atoms with Gasteiger partial charge in [0.1, 0.15) is 6.07 Å². The van der Waals surface area contributed by atoms with Gasteiger partial charge >= 0.3 is 0 Å². The van der Waals surface area contributed by atoms with E-state index in [4.69, 9.17) is 0 Å². The molecule has 3 aromatic rings. The van der Waals surface area contributed by atoms with Crippen molar-refractivity contribution in [1.82, 2.24) is 10.2 Å². The van der Waals surface area contributed by atoms with Gasteiger partial charge in [0.05, 0.1) is 22.4 Å². The van der Waals surface area contributed by atoms with E-state index >= 15 is 0 Å². The van der Waals surface area contributed by atoms with Gasteiger partial charge in [-0.1, -0.05) is 18.2 Å². The molecule has 8 nitrogen and oxygen atoms in total. The second-order valence-corrected chi connectivity index (χ2v) is 16.7. The van der Waals surface area contributed by atoms with E-state index in [-0.39, 0.29) is 10.4 Å². The van der Waals surface area contributed by atoms with Gasteiger partial charge in [-0.2, -0.15) is 5.26 Å². The minimum absolute atomic E-state index is 0.00984. The van der Waals surface area contributed by atoms with Gasteiger partial charge < -0.3 is 5.32 Å². The van der Waals surface area contributed by atoms with Gasteiger partial charge in [0.15, 0.2) is 5.69 Å². The van der Waals surface area contributed by atoms with Gasteiger partial charge in [-0.25, -0.2) is 16.8 Å². The van der Waals surface area contributed by atoms with Crippen LogP contribution in [0.2, 0.25) is 0 Å². The molecule has 36 heavy (non-hydrogen) atoms. The molecule has 4 saturated carbocycles. The van der Waals surface area contributed by atoms with E-state index in [1.807, 2.05) is 18.2 Å². The van der Waals surface area contributed by atoms with Crippen molar-refractivity contribution in [2.45, 2.75) is 49.0 Å². The lowest BCUT2D eigenvalue weighted by molar-refractivity contribution is 0.0107. The number of nitrogens with zero attached hydrogens (tertiary/aromatic N) is 3. The first-order valence-electron chi connectivity index (χ1n) is 12.1. The van der Waals surface area contributed by atoms with Crippen LogP contribution in [-0.4, -0.2) is 38.8 Å². The first-order chi connectivity index (χ1) is 17.1. The van der Waals surface area contributed by atoms with E-state index < -0.39 is 17.7 Å². The Morgan fingerprint density at radius 3 is 2.03 bits per heavy atom. The summed E-state index contributed by atoms with van der Waals surface area (Å²) in [6.07, 6.45) is 8.07. The minimum Gasteiger partial charge on any atom is -0.377 e. The van der Waals surface area contributed by atoms with E-state index in [0.717, 1.165) is 53.7 Å². The molecule has 0 radical (unpaired) electrons. The smallest absolute Gasteiger partial charge is 0.281 e. The summed E-state index contributed by atoms with van der Waals surface area (Å²) in [6, 6.07) is 13.6. The van der Waals surface area contributed by atoms with Crippen LogP contribution in [0.15, 0.2) is 47.4 Å². The standard InChI is InChI=1S/C26H26N4O4S2/c1-35(31,32)36(33,34)21-5-2-19(3-6-21)20-4-7-22-23(11-20)29-30-24(15-27)25(22)28-26-12-16-8-17(13-26)10-18(9-16)14-26/h2-7,11,16-18H,8-10,12-14H2,1H3,(H,28,29). The van der Waals surface area contributed by atoms with Crippen LogP contribution in [0.25, 0.3) is 22.0 Å². The molecule has 4 aliphatic carbocycles. The van der Waals surface area contributed by atoms with Crippen molar-refractivity contribution in [3.8, 4) is 17.2 Å². The van der Waals surface area contributed by atoms with E-state index in [0.29, 0.717) is 23.0 Å². The van der Waals surface area contributed by atoms with Crippen LogP contribution in [0.4, 0.5) is 5.69 Å². The average Bonchev–Trinajstić information content (AvgIpc) is 2.82. The Kier molecular flexibility index (Phi) is 5.18. The Hall–Kier alpha value is -3.03. The predicted molar refractivity (Wildman–Crippen MR) is 136 cm³/mol. The maximum atomic E-state index is 12.2. The second-order valence-electron chi connectivity index (χ2n) is 10.8. The molecule has 0 unspecified atom stereocenters. The highest BCUT2D eigenvalue weighted by Gasteiger charge is 2.51. The molecule has 0 aliphatic heterocycles. The molecule has 1 N–H and O–H groups in total. The molecule has 7 rings (SSSR count). The van der Waals surface area contributed by atoms with Crippen molar-refractivity contribution in [3.05, 3.63) is 48.2 Å². The van der Waals surface area contributed by atoms with Crippen LogP contribution in [0, 0.1) is 29.1 Å². The highest BCUT2D eigenvalue weighted by Crippen LogP contribution is 2.57. The third-order valence-corrected chi connectivity index (χ3v) is 12.8. The van der Waals surface area contributed by atoms with Crippen molar-refractivity contribution in [2.24, 2.45) is 17.8 Å². The molecule has 10 heteroatoms. The number of hydrogen-bond acceptors (Lipinski definition) is 8. The molecule has 0 spiro atoms. The molecule has 186 valence electrons. The Morgan fingerprint density at radius 1 is 0.889 bits per heavy atom. The molecule has 2 aromatic carbocycles. The molecule has 0 atom stereocenters. The van der Waals surface area contributed by atoms with Crippen molar-refractivity contribution in [2.75, 3.05) is 11.6 Å². The zero-order valence-electron chi connectivity index (χ0n) is 19.8. The summed E-state index contributed by atoms with van der Waals surface area (Å²) in [6.45, 7) is 0. The molecule has 0 amide bonds. The van der Waals surface area contributed by atoms with E-state index in [2.05, 4.69) is 21.6 Å². The molecule has 4 bridgehead atoms. The third kappa shape index (κ3) is 3.76. The first-order valence-corrected chi connectivity index (χ1v) is 16.0. The SMILES string of the molecule is CS(=O)(=O)S(=O)(=O)c1ccc(-c2ccc3c(NC45CC6CC(CC(C6)C4)C5)c(C#N)nnc3c2)cc1. The van der Waals surface area contributed by atoms with Crippen LogP contribution in [0.3, 0.4) is 0 Å². The van der Waals surface area contributed by atoms with Gasteiger partial charge in [-0.15, -0.1) is 10.2 Å². The Labute approximate surface area is 210 Å². The van der Waals surface area contributed by atoms with Gasteiger partial charge in [0.2, 0.25) is 0 Å². The lowest BCUT2D eigenvalue weighted by Crippen LogP contribution is -2.54. The van der Waals surface area contributed by atoms with Crippen LogP contribution in [0.1, 0.15) is 44.2 Å². The first kappa shape index (κ1) is 23.4. The number of hydrogen-bond donors (Lipinski definition) is 1. The summed E-state index contributed by atoms with van der Waals surface area (Å²) in [5, 5.41) is 22.9.